The minimum Gasteiger partial charge on any atom is -0.353 e. The molecule has 1 aromatic carbocycles. The first-order valence-corrected chi connectivity index (χ1v) is 11.4. The van der Waals surface area contributed by atoms with E-state index >= 15 is 0 Å². The largest absolute Gasteiger partial charge is 0.353 e. The molecule has 5 heteroatoms. The monoisotopic (exact) mass is 454 g/mol. The van der Waals surface area contributed by atoms with Crippen LogP contribution < -0.4 is 10.6 Å². The predicted octanol–water partition coefficient (Wildman–Crippen LogP) is 8.96. The summed E-state index contributed by atoms with van der Waals surface area (Å²) in [7, 11) is 0. The second-order valence-electron chi connectivity index (χ2n) is 8.66. The van der Waals surface area contributed by atoms with Crippen molar-refractivity contribution in [3.8, 4) is 6.07 Å². The van der Waals surface area contributed by atoms with E-state index in [9.17, 15) is 0 Å². The van der Waals surface area contributed by atoms with Crippen molar-refractivity contribution in [1.82, 2.24) is 4.98 Å². The van der Waals surface area contributed by atoms with Gasteiger partial charge in [-0.3, -0.25) is 0 Å². The summed E-state index contributed by atoms with van der Waals surface area (Å²) in [4.78, 5) is 4.25. The first-order chi connectivity index (χ1) is 15.0. The third kappa shape index (κ3) is 13.5. The molecule has 0 aliphatic heterocycles. The molecule has 2 rings (SSSR count). The molecule has 4 nitrogen and oxygen atoms in total. The molecule has 0 amide bonds. The van der Waals surface area contributed by atoms with Gasteiger partial charge >= 0.3 is 0 Å². The lowest BCUT2D eigenvalue weighted by atomic mass is 10.2. The van der Waals surface area contributed by atoms with E-state index in [0.717, 1.165) is 23.1 Å². The zero-order valence-corrected chi connectivity index (χ0v) is 21.6. The molecule has 0 saturated heterocycles. The van der Waals surface area contributed by atoms with Crippen LogP contribution in [0.2, 0.25) is 5.02 Å². The summed E-state index contributed by atoms with van der Waals surface area (Å²) in [5, 5.41) is 16.0. The van der Waals surface area contributed by atoms with Crippen molar-refractivity contribution in [3.05, 3.63) is 71.0 Å². The lowest BCUT2D eigenvalue weighted by Crippen LogP contribution is -2.01. The molecule has 32 heavy (non-hydrogen) atoms. The van der Waals surface area contributed by atoms with E-state index in [-0.39, 0.29) is 0 Å². The summed E-state index contributed by atoms with van der Waals surface area (Å²) in [5.74, 6) is 2.37. The van der Waals surface area contributed by atoms with Gasteiger partial charge in [0.2, 0.25) is 0 Å². The molecular weight excluding hydrogens is 416 g/mol. The number of nitrogens with zero attached hydrogens (tertiary/aromatic N) is 2. The van der Waals surface area contributed by atoms with Crippen LogP contribution in [-0.2, 0) is 0 Å². The Labute approximate surface area is 200 Å². The Morgan fingerprint density at radius 3 is 2.22 bits per heavy atom. The Morgan fingerprint density at radius 2 is 1.72 bits per heavy atom. The number of pyridine rings is 1. The van der Waals surface area contributed by atoms with E-state index in [1.54, 1.807) is 18.3 Å². The summed E-state index contributed by atoms with van der Waals surface area (Å²) in [6.45, 7) is 20.8. The minimum atomic E-state index is 0.477. The number of benzene rings is 1. The van der Waals surface area contributed by atoms with Gasteiger partial charge in [-0.2, -0.15) is 5.26 Å². The van der Waals surface area contributed by atoms with Gasteiger partial charge in [0.05, 0.1) is 28.2 Å². The van der Waals surface area contributed by atoms with Crippen LogP contribution in [0.5, 0.6) is 0 Å². The van der Waals surface area contributed by atoms with Crippen LogP contribution in [0.25, 0.3) is 0 Å². The smallest absolute Gasteiger partial charge is 0.132 e. The molecule has 2 N–H and O–H groups in total. The van der Waals surface area contributed by atoms with Gasteiger partial charge in [0.25, 0.3) is 0 Å². The van der Waals surface area contributed by atoms with Crippen LogP contribution in [-0.4, -0.2) is 4.98 Å². The number of nitrogens with one attached hydrogen (secondary N) is 2. The fraction of sp³-hybridized carbons (Fsp3) is 0.407. The Morgan fingerprint density at radius 1 is 1.16 bits per heavy atom. The van der Waals surface area contributed by atoms with Crippen LogP contribution in [0.1, 0.15) is 67.4 Å². The van der Waals surface area contributed by atoms with Crippen molar-refractivity contribution in [2.24, 2.45) is 11.8 Å². The fourth-order valence-electron chi connectivity index (χ4n) is 2.05. The third-order valence-corrected chi connectivity index (χ3v) is 4.08. The van der Waals surface area contributed by atoms with Gasteiger partial charge in [-0.1, -0.05) is 83.8 Å². The van der Waals surface area contributed by atoms with Crippen molar-refractivity contribution in [1.29, 1.82) is 5.26 Å². The minimum absolute atomic E-state index is 0.477. The first kappa shape index (κ1) is 29.2. The molecule has 0 fully saturated rings. The second kappa shape index (κ2) is 15.9. The number of rotatable bonds is 6. The predicted molar refractivity (Wildman–Crippen MR) is 142 cm³/mol. The van der Waals surface area contributed by atoms with Gasteiger partial charge in [-0.15, -0.1) is 0 Å². The number of anilines is 3. The van der Waals surface area contributed by atoms with Crippen LogP contribution in [0, 0.1) is 23.2 Å². The van der Waals surface area contributed by atoms with Crippen molar-refractivity contribution < 1.29 is 0 Å². The number of hydrogen-bond donors (Lipinski definition) is 2. The van der Waals surface area contributed by atoms with E-state index in [1.165, 1.54) is 6.42 Å². The van der Waals surface area contributed by atoms with Crippen molar-refractivity contribution >= 4 is 28.8 Å². The highest BCUT2D eigenvalue weighted by Crippen LogP contribution is 2.28. The topological polar surface area (TPSA) is 60.7 Å². The Balaban J connectivity index is 0.000000906. The molecule has 0 aliphatic rings. The molecule has 0 bridgehead atoms. The third-order valence-electron chi connectivity index (χ3n) is 3.78. The molecule has 1 aromatic heterocycles. The van der Waals surface area contributed by atoms with E-state index in [0.29, 0.717) is 27.8 Å². The molecule has 0 spiro atoms. The molecule has 0 radical (unpaired) electrons. The van der Waals surface area contributed by atoms with E-state index < -0.39 is 0 Å². The second-order valence-corrected chi connectivity index (χ2v) is 9.07. The summed E-state index contributed by atoms with van der Waals surface area (Å²) < 4.78 is 0. The normalized spacial score (nSPS) is 10.4. The number of aromatic nitrogens is 1. The molecule has 0 aliphatic carbocycles. The number of nitriles is 1. The van der Waals surface area contributed by atoms with Gasteiger partial charge in [0.15, 0.2) is 0 Å². The Kier molecular flexibility index (Phi) is 14.6. The molecular formula is C27H39ClN4. The van der Waals surface area contributed by atoms with Gasteiger partial charge in [-0.05, 0) is 43.9 Å². The molecule has 0 unspecified atom stereocenters. The zero-order valence-electron chi connectivity index (χ0n) is 20.9. The zero-order chi connectivity index (χ0) is 24.7. The average Bonchev–Trinajstić information content (AvgIpc) is 2.70. The van der Waals surface area contributed by atoms with Gasteiger partial charge in [0, 0.05) is 11.8 Å². The van der Waals surface area contributed by atoms with Gasteiger partial charge < -0.3 is 10.6 Å². The standard InChI is InChI=1S/C18H17ClN4.C5H12.C4H10/c1-12(2)8-13(3)22-18-9-17(15(19)11-21-18)23-16-7-5-4-6-14(16)10-20;1-4-5(2)3;1-4(2)3/h4-9,11H,1H2,2-3H3,(H2,21,22,23);5H,4H2,1-3H3;4H,1-3H3/b13-8+;;. The number of halogens is 1. The maximum Gasteiger partial charge on any atom is 0.132 e. The van der Waals surface area contributed by atoms with Gasteiger partial charge in [0.1, 0.15) is 11.9 Å². The van der Waals surface area contributed by atoms with Crippen molar-refractivity contribution in [2.45, 2.75) is 61.8 Å². The Bertz CT molecular complexity index is 905. The fourth-order valence-corrected chi connectivity index (χ4v) is 2.20. The highest BCUT2D eigenvalue weighted by atomic mass is 35.5. The summed E-state index contributed by atoms with van der Waals surface area (Å²) >= 11 is 6.20. The van der Waals surface area contributed by atoms with Crippen molar-refractivity contribution in [2.75, 3.05) is 10.6 Å². The first-order valence-electron chi connectivity index (χ1n) is 11.0. The number of allylic oxidation sites excluding steroid dienone is 3. The molecule has 174 valence electrons. The lowest BCUT2D eigenvalue weighted by Gasteiger charge is -2.12. The van der Waals surface area contributed by atoms with E-state index in [2.05, 4.69) is 69.8 Å². The lowest BCUT2D eigenvalue weighted by molar-refractivity contribution is 0.626. The highest BCUT2D eigenvalue weighted by Gasteiger charge is 2.07. The van der Waals surface area contributed by atoms with Crippen LogP contribution in [0.15, 0.2) is 60.5 Å². The molecule has 0 atom stereocenters. The molecule has 0 saturated carbocycles. The van der Waals surface area contributed by atoms with Crippen LogP contribution in [0.3, 0.4) is 0 Å². The average molecular weight is 455 g/mol. The van der Waals surface area contributed by atoms with E-state index in [4.69, 9.17) is 16.9 Å². The quantitative estimate of drug-likeness (QED) is 0.427. The van der Waals surface area contributed by atoms with Crippen LogP contribution >= 0.6 is 11.6 Å². The van der Waals surface area contributed by atoms with Crippen molar-refractivity contribution in [3.63, 3.8) is 0 Å². The highest BCUT2D eigenvalue weighted by molar-refractivity contribution is 6.33. The number of hydrogen-bond acceptors (Lipinski definition) is 4. The molecule has 2 aromatic rings. The van der Waals surface area contributed by atoms with Crippen LogP contribution in [0.4, 0.5) is 17.2 Å². The SMILES string of the molecule is C=C(C)/C=C(\C)Nc1cc(Nc2ccccc2C#N)c(Cl)cn1.CC(C)C.CCC(C)C. The summed E-state index contributed by atoms with van der Waals surface area (Å²) in [6, 6.07) is 11.2. The summed E-state index contributed by atoms with van der Waals surface area (Å²) in [6.07, 6.45) is 4.80. The number of para-hydroxylation sites is 1. The maximum absolute atomic E-state index is 9.16. The molecule has 1 heterocycles. The maximum atomic E-state index is 9.16. The van der Waals surface area contributed by atoms with E-state index in [1.807, 2.05) is 38.1 Å². The van der Waals surface area contributed by atoms with Gasteiger partial charge in [-0.25, -0.2) is 4.98 Å². The summed E-state index contributed by atoms with van der Waals surface area (Å²) in [5.41, 5.74) is 3.80. The Hall–Kier alpha value is -2.77.